The van der Waals surface area contributed by atoms with Gasteiger partial charge in [0, 0.05) is 0 Å². The molecule has 10 atom stereocenters. The van der Waals surface area contributed by atoms with E-state index in [0.29, 0.717) is 0 Å². The van der Waals surface area contributed by atoms with Gasteiger partial charge in [-0.1, -0.05) is 30.3 Å². The van der Waals surface area contributed by atoms with Crippen LogP contribution in [0.5, 0.6) is 0 Å². The van der Waals surface area contributed by atoms with E-state index in [4.69, 9.17) is 34.2 Å². The summed E-state index contributed by atoms with van der Waals surface area (Å²) in [6, 6.07) is 8.66. The van der Waals surface area contributed by atoms with Crippen molar-refractivity contribution in [3.63, 3.8) is 0 Å². The van der Waals surface area contributed by atoms with E-state index in [-0.39, 0.29) is 13.2 Å². The topological polar surface area (TPSA) is 162 Å². The summed E-state index contributed by atoms with van der Waals surface area (Å²) in [6.45, 7) is 3.37. The number of benzene rings is 1. The van der Waals surface area contributed by atoms with Crippen LogP contribution in [0.1, 0.15) is 19.4 Å². The standard InChI is InChI=1S/C22H33NO10/c1-22(2)29-10-13-18(33-22)19(32-21-17(27)16(26)15(25)12(8-24)30-21)14(23)20(31-13)28-9-11-6-4-3-5-7-11/h3-7,12-21,24-27H,8-10,23H2,1-2H3/t12?,13?,14?,15-,16-,17?,18+,19+,20+,21-/m0/s1. The quantitative estimate of drug-likeness (QED) is 0.331. The largest absolute Gasteiger partial charge is 0.394 e. The first-order valence-electron chi connectivity index (χ1n) is 11.0. The van der Waals surface area contributed by atoms with Gasteiger partial charge in [0.1, 0.15) is 42.7 Å². The Morgan fingerprint density at radius 3 is 2.45 bits per heavy atom. The van der Waals surface area contributed by atoms with Gasteiger partial charge < -0.3 is 54.6 Å². The zero-order chi connectivity index (χ0) is 23.8. The molecular weight excluding hydrogens is 438 g/mol. The zero-order valence-corrected chi connectivity index (χ0v) is 18.6. The first-order chi connectivity index (χ1) is 15.7. The van der Waals surface area contributed by atoms with Crippen LogP contribution in [0.4, 0.5) is 0 Å². The van der Waals surface area contributed by atoms with E-state index in [1.54, 1.807) is 13.8 Å². The zero-order valence-electron chi connectivity index (χ0n) is 18.6. The molecule has 0 bridgehead atoms. The Morgan fingerprint density at radius 1 is 1.03 bits per heavy atom. The van der Waals surface area contributed by atoms with Crippen LogP contribution >= 0.6 is 0 Å². The van der Waals surface area contributed by atoms with Gasteiger partial charge in [-0.05, 0) is 19.4 Å². The maximum absolute atomic E-state index is 10.4. The number of hydrogen-bond acceptors (Lipinski definition) is 11. The molecule has 3 aliphatic heterocycles. The summed E-state index contributed by atoms with van der Waals surface area (Å²) < 4.78 is 35.3. The Hall–Kier alpha value is -1.22. The van der Waals surface area contributed by atoms with Crippen LogP contribution in [0.2, 0.25) is 0 Å². The van der Waals surface area contributed by atoms with E-state index < -0.39 is 73.7 Å². The Kier molecular flexibility index (Phi) is 7.68. The van der Waals surface area contributed by atoms with E-state index in [1.807, 2.05) is 30.3 Å². The van der Waals surface area contributed by atoms with Crippen molar-refractivity contribution in [3.8, 4) is 0 Å². The number of hydrogen-bond donors (Lipinski definition) is 5. The van der Waals surface area contributed by atoms with E-state index in [1.165, 1.54) is 0 Å². The van der Waals surface area contributed by atoms with Crippen molar-refractivity contribution in [2.24, 2.45) is 5.73 Å². The fraction of sp³-hybridized carbons (Fsp3) is 0.727. The molecule has 33 heavy (non-hydrogen) atoms. The average molecular weight is 472 g/mol. The molecular formula is C22H33NO10. The molecule has 186 valence electrons. The van der Waals surface area contributed by atoms with Crippen LogP contribution in [0.3, 0.4) is 0 Å². The van der Waals surface area contributed by atoms with Crippen LogP contribution in [-0.2, 0) is 35.0 Å². The number of ether oxygens (including phenoxy) is 6. The smallest absolute Gasteiger partial charge is 0.187 e. The highest BCUT2D eigenvalue weighted by Gasteiger charge is 2.54. The first-order valence-corrected chi connectivity index (χ1v) is 11.0. The minimum absolute atomic E-state index is 0.199. The summed E-state index contributed by atoms with van der Waals surface area (Å²) in [6.07, 6.45) is -10.2. The van der Waals surface area contributed by atoms with Gasteiger partial charge in [0.2, 0.25) is 0 Å². The molecule has 11 nitrogen and oxygen atoms in total. The predicted molar refractivity (Wildman–Crippen MR) is 111 cm³/mol. The van der Waals surface area contributed by atoms with Gasteiger partial charge in [0.25, 0.3) is 0 Å². The number of nitrogens with two attached hydrogens (primary N) is 1. The SMILES string of the molecule is CC1(C)OCC2O[C@@H](OCc3ccccc3)C(N)[C@@H](O[C@@H]3OC(CO)[C@H](O)[C@H](O)C3O)[C@@H]2O1. The lowest BCUT2D eigenvalue weighted by atomic mass is 9.94. The molecule has 0 radical (unpaired) electrons. The molecule has 4 unspecified atom stereocenters. The Labute approximate surface area is 191 Å². The lowest BCUT2D eigenvalue weighted by Crippen LogP contribution is -2.69. The molecule has 6 N–H and O–H groups in total. The molecule has 11 heteroatoms. The maximum Gasteiger partial charge on any atom is 0.187 e. The van der Waals surface area contributed by atoms with Gasteiger partial charge in [-0.3, -0.25) is 0 Å². The lowest BCUT2D eigenvalue weighted by Gasteiger charge is -2.51. The van der Waals surface area contributed by atoms with Gasteiger partial charge in [0.15, 0.2) is 18.4 Å². The fourth-order valence-electron chi connectivity index (χ4n) is 4.25. The van der Waals surface area contributed by atoms with Crippen LogP contribution in [0, 0.1) is 0 Å². The summed E-state index contributed by atoms with van der Waals surface area (Å²) in [5.74, 6) is -0.932. The highest BCUT2D eigenvalue weighted by molar-refractivity contribution is 5.13. The van der Waals surface area contributed by atoms with Crippen molar-refractivity contribution in [1.29, 1.82) is 0 Å². The van der Waals surface area contributed by atoms with E-state index in [9.17, 15) is 20.4 Å². The molecule has 3 fully saturated rings. The molecule has 0 aromatic heterocycles. The molecule has 0 aliphatic carbocycles. The van der Waals surface area contributed by atoms with Gasteiger partial charge in [-0.25, -0.2) is 0 Å². The van der Waals surface area contributed by atoms with Crippen molar-refractivity contribution in [2.45, 2.75) is 87.6 Å². The molecule has 0 saturated carbocycles. The summed E-state index contributed by atoms with van der Waals surface area (Å²) in [5.41, 5.74) is 7.41. The number of aliphatic hydroxyl groups excluding tert-OH is 4. The highest BCUT2D eigenvalue weighted by atomic mass is 16.8. The van der Waals surface area contributed by atoms with Crippen LogP contribution in [0.25, 0.3) is 0 Å². The van der Waals surface area contributed by atoms with Crippen molar-refractivity contribution in [2.75, 3.05) is 13.2 Å². The third-order valence-electron chi connectivity index (χ3n) is 6.10. The minimum Gasteiger partial charge on any atom is -0.394 e. The number of fused-ring (bicyclic) bond motifs is 1. The van der Waals surface area contributed by atoms with E-state index in [0.717, 1.165) is 5.56 Å². The Morgan fingerprint density at radius 2 is 1.76 bits per heavy atom. The molecule has 0 amide bonds. The first kappa shape index (κ1) is 24.9. The van der Waals surface area contributed by atoms with Crippen molar-refractivity contribution < 1.29 is 48.8 Å². The second kappa shape index (κ2) is 10.2. The van der Waals surface area contributed by atoms with E-state index in [2.05, 4.69) is 0 Å². The molecule has 1 aromatic rings. The third-order valence-corrected chi connectivity index (χ3v) is 6.10. The number of rotatable bonds is 6. The number of aliphatic hydroxyl groups is 4. The molecule has 3 aliphatic rings. The summed E-state index contributed by atoms with van der Waals surface area (Å²) in [7, 11) is 0. The molecule has 3 heterocycles. The van der Waals surface area contributed by atoms with E-state index >= 15 is 0 Å². The van der Waals surface area contributed by atoms with Crippen molar-refractivity contribution in [3.05, 3.63) is 35.9 Å². The highest BCUT2D eigenvalue weighted by Crippen LogP contribution is 2.35. The second-order valence-corrected chi connectivity index (χ2v) is 9.01. The monoisotopic (exact) mass is 471 g/mol. The van der Waals surface area contributed by atoms with Gasteiger partial charge in [-0.15, -0.1) is 0 Å². The predicted octanol–water partition coefficient (Wildman–Crippen LogP) is -1.41. The molecule has 4 rings (SSSR count). The Balaban J connectivity index is 1.52. The molecule has 1 aromatic carbocycles. The van der Waals surface area contributed by atoms with Gasteiger partial charge in [-0.2, -0.15) is 0 Å². The lowest BCUT2D eigenvalue weighted by molar-refractivity contribution is -0.392. The normalized spacial score (nSPS) is 43.1. The Bertz CT molecular complexity index is 765. The summed E-state index contributed by atoms with van der Waals surface area (Å²) >= 11 is 0. The van der Waals surface area contributed by atoms with Crippen LogP contribution in [0.15, 0.2) is 30.3 Å². The second-order valence-electron chi connectivity index (χ2n) is 9.01. The third kappa shape index (κ3) is 5.39. The van der Waals surface area contributed by atoms with Crippen LogP contribution in [-0.4, -0.2) is 101 Å². The summed E-state index contributed by atoms with van der Waals surface area (Å²) in [5, 5.41) is 40.1. The maximum atomic E-state index is 10.4. The van der Waals surface area contributed by atoms with Crippen molar-refractivity contribution >= 4 is 0 Å². The summed E-state index contributed by atoms with van der Waals surface area (Å²) in [4.78, 5) is 0. The van der Waals surface area contributed by atoms with Gasteiger partial charge >= 0.3 is 0 Å². The fourth-order valence-corrected chi connectivity index (χ4v) is 4.25. The van der Waals surface area contributed by atoms with Gasteiger partial charge in [0.05, 0.1) is 25.9 Å². The minimum atomic E-state index is -1.58. The average Bonchev–Trinajstić information content (AvgIpc) is 2.80. The van der Waals surface area contributed by atoms with Crippen LogP contribution < -0.4 is 5.73 Å². The molecule has 3 saturated heterocycles. The molecule has 0 spiro atoms. The van der Waals surface area contributed by atoms with Crippen molar-refractivity contribution in [1.82, 2.24) is 0 Å².